The van der Waals surface area contributed by atoms with Crippen LogP contribution in [-0.4, -0.2) is 71.0 Å². The third kappa shape index (κ3) is 4.34. The van der Waals surface area contributed by atoms with Crippen LogP contribution in [0.3, 0.4) is 0 Å². The first-order valence-corrected chi connectivity index (χ1v) is 11.1. The van der Waals surface area contributed by atoms with Crippen LogP contribution in [0.4, 0.5) is 10.2 Å². The Labute approximate surface area is 204 Å². The number of carbonyl (C=O) groups excluding carboxylic acids is 1. The quantitative estimate of drug-likeness (QED) is 0.300. The molecule has 1 fully saturated rings. The molecule has 0 saturated carbocycles. The molecule has 5 heterocycles. The Balaban J connectivity index is 1.58. The summed E-state index contributed by atoms with van der Waals surface area (Å²) < 4.78 is 21.0. The molecule has 12 nitrogen and oxygen atoms in total. The van der Waals surface area contributed by atoms with Gasteiger partial charge in [-0.3, -0.25) is 19.3 Å². The second-order valence-corrected chi connectivity index (χ2v) is 8.33. The fourth-order valence-corrected chi connectivity index (χ4v) is 4.01. The molecule has 3 unspecified atom stereocenters. The van der Waals surface area contributed by atoms with E-state index in [9.17, 15) is 19.4 Å². The SMILES string of the molecule is CNC(=O)[C@@H]1OC(n2cnc3c(NCc4cc(C)ccn4)nc(-c4cncc(F)c4)nc32)C(O)C1O. The Morgan fingerprint density at radius 3 is 2.78 bits per heavy atom. The highest BCUT2D eigenvalue weighted by Gasteiger charge is 2.47. The largest absolute Gasteiger partial charge is 0.387 e. The van der Waals surface area contributed by atoms with Gasteiger partial charge in [0.2, 0.25) is 0 Å². The van der Waals surface area contributed by atoms with Crippen molar-refractivity contribution < 1.29 is 24.1 Å². The van der Waals surface area contributed by atoms with Crippen molar-refractivity contribution in [3.05, 3.63) is 60.2 Å². The van der Waals surface area contributed by atoms with E-state index in [2.05, 4.69) is 35.6 Å². The number of imidazole rings is 1. The fourth-order valence-electron chi connectivity index (χ4n) is 4.01. The number of hydrogen-bond donors (Lipinski definition) is 4. The molecule has 4 atom stereocenters. The smallest absolute Gasteiger partial charge is 0.251 e. The van der Waals surface area contributed by atoms with Gasteiger partial charge in [0.25, 0.3) is 5.91 Å². The average molecular weight is 494 g/mol. The van der Waals surface area contributed by atoms with E-state index in [4.69, 9.17) is 4.74 Å². The molecule has 0 spiro atoms. The van der Waals surface area contributed by atoms with Crippen molar-refractivity contribution in [2.45, 2.75) is 38.0 Å². The van der Waals surface area contributed by atoms with Crippen molar-refractivity contribution >= 4 is 22.9 Å². The summed E-state index contributed by atoms with van der Waals surface area (Å²) in [6.07, 6.45) is 0.209. The molecule has 4 N–H and O–H groups in total. The van der Waals surface area contributed by atoms with E-state index in [0.717, 1.165) is 17.5 Å². The van der Waals surface area contributed by atoms with Crippen LogP contribution >= 0.6 is 0 Å². The number of anilines is 1. The first kappa shape index (κ1) is 23.7. The molecule has 0 aliphatic carbocycles. The van der Waals surface area contributed by atoms with Crippen LogP contribution in [0.5, 0.6) is 0 Å². The molecule has 1 saturated heterocycles. The Morgan fingerprint density at radius 2 is 2.03 bits per heavy atom. The Bertz CT molecular complexity index is 1430. The normalized spacial score (nSPS) is 21.6. The van der Waals surface area contributed by atoms with Gasteiger partial charge in [-0.2, -0.15) is 0 Å². The van der Waals surface area contributed by atoms with Crippen LogP contribution in [0, 0.1) is 12.7 Å². The van der Waals surface area contributed by atoms with Crippen LogP contribution in [0.25, 0.3) is 22.6 Å². The number of rotatable bonds is 6. The maximum Gasteiger partial charge on any atom is 0.251 e. The van der Waals surface area contributed by atoms with Crippen molar-refractivity contribution in [3.63, 3.8) is 0 Å². The first-order valence-electron chi connectivity index (χ1n) is 11.1. The number of amides is 1. The van der Waals surface area contributed by atoms with Crippen LogP contribution in [0.1, 0.15) is 17.5 Å². The summed E-state index contributed by atoms with van der Waals surface area (Å²) in [5.41, 5.74) is 2.70. The topological polar surface area (TPSA) is 160 Å². The highest BCUT2D eigenvalue weighted by atomic mass is 19.1. The van der Waals surface area contributed by atoms with E-state index < -0.39 is 36.3 Å². The monoisotopic (exact) mass is 494 g/mol. The fraction of sp³-hybridized carbons (Fsp3) is 0.304. The zero-order valence-electron chi connectivity index (χ0n) is 19.3. The number of halogens is 1. The number of nitrogens with one attached hydrogen (secondary N) is 2. The summed E-state index contributed by atoms with van der Waals surface area (Å²) in [6, 6.07) is 5.05. The molecule has 4 aromatic heterocycles. The number of carbonyl (C=O) groups is 1. The van der Waals surface area contributed by atoms with E-state index in [1.807, 2.05) is 19.1 Å². The van der Waals surface area contributed by atoms with Gasteiger partial charge in [-0.15, -0.1) is 0 Å². The number of aromatic nitrogens is 6. The van der Waals surface area contributed by atoms with Gasteiger partial charge >= 0.3 is 0 Å². The maximum atomic E-state index is 13.9. The third-order valence-electron chi connectivity index (χ3n) is 5.81. The average Bonchev–Trinajstić information content (AvgIpc) is 3.43. The molecule has 1 aliphatic rings. The van der Waals surface area contributed by atoms with Gasteiger partial charge in [0, 0.05) is 25.0 Å². The Morgan fingerprint density at radius 1 is 1.19 bits per heavy atom. The van der Waals surface area contributed by atoms with Gasteiger partial charge in [-0.25, -0.2) is 19.3 Å². The van der Waals surface area contributed by atoms with Crippen LogP contribution in [-0.2, 0) is 16.1 Å². The first-order chi connectivity index (χ1) is 17.4. The minimum absolute atomic E-state index is 0.145. The molecular formula is C23H23FN8O4. The zero-order chi connectivity index (χ0) is 25.4. The Hall–Kier alpha value is -4.07. The summed E-state index contributed by atoms with van der Waals surface area (Å²) in [6.45, 7) is 2.28. The summed E-state index contributed by atoms with van der Waals surface area (Å²) in [5, 5.41) is 26.6. The number of aryl methyl sites for hydroxylation is 1. The zero-order valence-corrected chi connectivity index (χ0v) is 19.3. The maximum absolute atomic E-state index is 13.9. The molecule has 1 amide bonds. The number of pyridine rings is 2. The van der Waals surface area contributed by atoms with Crippen molar-refractivity contribution in [1.29, 1.82) is 0 Å². The van der Waals surface area contributed by atoms with Gasteiger partial charge in [0.05, 0.1) is 24.8 Å². The van der Waals surface area contributed by atoms with Crippen LogP contribution in [0.2, 0.25) is 0 Å². The van der Waals surface area contributed by atoms with E-state index in [1.165, 1.54) is 30.2 Å². The summed E-state index contributed by atoms with van der Waals surface area (Å²) in [7, 11) is 1.40. The summed E-state index contributed by atoms with van der Waals surface area (Å²) >= 11 is 0. The van der Waals surface area contributed by atoms with Gasteiger partial charge in [-0.05, 0) is 30.7 Å². The predicted molar refractivity (Wildman–Crippen MR) is 125 cm³/mol. The highest BCUT2D eigenvalue weighted by Crippen LogP contribution is 2.33. The minimum atomic E-state index is -1.47. The standard InChI is InChI=1S/C23H23FN8O4/c1-11-3-4-27-14(5-11)9-28-20-15-21(31-19(30-20)12-6-13(24)8-26-7-12)32(10-29-15)23-17(34)16(33)18(36-23)22(35)25-2/h3-8,10,16-18,23,33-34H,9H2,1-2H3,(H,25,35)(H,28,30,31)/t16?,17?,18-,23?/m1/s1. The van der Waals surface area contributed by atoms with E-state index in [1.54, 1.807) is 6.20 Å². The number of aliphatic hydroxyl groups excluding tert-OH is 2. The van der Waals surface area contributed by atoms with Crippen molar-refractivity contribution in [2.75, 3.05) is 12.4 Å². The van der Waals surface area contributed by atoms with Crippen molar-refractivity contribution in [3.8, 4) is 11.4 Å². The van der Waals surface area contributed by atoms with Gasteiger partial charge in [0.15, 0.2) is 35.1 Å². The molecular weight excluding hydrogens is 471 g/mol. The van der Waals surface area contributed by atoms with Crippen LogP contribution in [0.15, 0.2) is 43.1 Å². The minimum Gasteiger partial charge on any atom is -0.387 e. The molecule has 36 heavy (non-hydrogen) atoms. The number of aliphatic hydroxyl groups is 2. The molecule has 13 heteroatoms. The molecule has 0 aromatic carbocycles. The summed E-state index contributed by atoms with van der Waals surface area (Å²) in [5.74, 6) is -0.666. The molecule has 186 valence electrons. The summed E-state index contributed by atoms with van der Waals surface area (Å²) in [4.78, 5) is 33.8. The lowest BCUT2D eigenvalue weighted by atomic mass is 10.1. The molecule has 1 aliphatic heterocycles. The molecule has 0 radical (unpaired) electrons. The lowest BCUT2D eigenvalue weighted by Crippen LogP contribution is -2.41. The lowest BCUT2D eigenvalue weighted by molar-refractivity contribution is -0.137. The van der Waals surface area contributed by atoms with Crippen LogP contribution < -0.4 is 10.6 Å². The highest BCUT2D eigenvalue weighted by molar-refractivity contribution is 5.85. The van der Waals surface area contributed by atoms with E-state index in [0.29, 0.717) is 23.4 Å². The van der Waals surface area contributed by atoms with E-state index in [-0.39, 0.29) is 11.5 Å². The number of ether oxygens (including phenoxy) is 1. The second-order valence-electron chi connectivity index (χ2n) is 8.33. The predicted octanol–water partition coefficient (Wildman–Crippen LogP) is 0.708. The number of hydrogen-bond acceptors (Lipinski definition) is 10. The van der Waals surface area contributed by atoms with Crippen molar-refractivity contribution in [1.82, 2.24) is 34.8 Å². The van der Waals surface area contributed by atoms with E-state index >= 15 is 0 Å². The number of nitrogens with zero attached hydrogens (tertiary/aromatic N) is 6. The lowest BCUT2D eigenvalue weighted by Gasteiger charge is -2.17. The number of likely N-dealkylation sites (N-methyl/N-ethyl adjacent to an activating group) is 1. The number of fused-ring (bicyclic) bond motifs is 1. The van der Waals surface area contributed by atoms with Gasteiger partial charge in [-0.1, -0.05) is 0 Å². The van der Waals surface area contributed by atoms with Crippen molar-refractivity contribution in [2.24, 2.45) is 0 Å². The van der Waals surface area contributed by atoms with Gasteiger partial charge in [0.1, 0.15) is 18.0 Å². The molecule has 4 aromatic rings. The third-order valence-corrected chi connectivity index (χ3v) is 5.81. The molecule has 0 bridgehead atoms. The Kier molecular flexibility index (Phi) is 6.26. The molecule has 5 rings (SSSR count). The second kappa shape index (κ2) is 9.53. The van der Waals surface area contributed by atoms with Gasteiger partial charge < -0.3 is 25.6 Å².